The van der Waals surface area contributed by atoms with Crippen molar-refractivity contribution in [3.05, 3.63) is 53.6 Å². The van der Waals surface area contributed by atoms with E-state index in [1.165, 1.54) is 6.92 Å². The summed E-state index contributed by atoms with van der Waals surface area (Å²) in [5, 5.41) is 12.1. The maximum atomic E-state index is 11.6. The summed E-state index contributed by atoms with van der Waals surface area (Å²) in [7, 11) is 1.61. The lowest BCUT2D eigenvalue weighted by molar-refractivity contribution is 0.101. The topological polar surface area (TPSA) is 71.3 Å². The fourth-order valence-electron chi connectivity index (χ4n) is 2.09. The van der Waals surface area contributed by atoms with E-state index in [-0.39, 0.29) is 5.78 Å². The fourth-order valence-corrected chi connectivity index (χ4v) is 2.09. The van der Waals surface area contributed by atoms with Crippen LogP contribution in [0.4, 0.5) is 5.69 Å². The molecule has 0 spiro atoms. The minimum Gasteiger partial charge on any atom is -0.497 e. The molecule has 23 heavy (non-hydrogen) atoms. The lowest BCUT2D eigenvalue weighted by Crippen LogP contribution is -2.13. The molecule has 0 unspecified atom stereocenters. The highest BCUT2D eigenvalue weighted by Crippen LogP contribution is 2.19. The summed E-state index contributed by atoms with van der Waals surface area (Å²) in [4.78, 5) is 11.6. The highest BCUT2D eigenvalue weighted by Gasteiger charge is 2.08. The van der Waals surface area contributed by atoms with Crippen LogP contribution in [0.2, 0.25) is 0 Å². The number of hydrogen-bond acceptors (Lipinski definition) is 5. The molecule has 0 saturated heterocycles. The van der Waals surface area contributed by atoms with E-state index in [0.717, 1.165) is 11.5 Å². The van der Waals surface area contributed by atoms with Crippen LogP contribution in [0.3, 0.4) is 0 Å². The number of Topliss-reactive ketones (excluding diaryl/α,β-unsaturated/α-hetero) is 1. The first kappa shape index (κ1) is 16.4. The number of carbonyl (C=O) groups excluding carboxylic acids is 1. The van der Waals surface area contributed by atoms with E-state index in [1.54, 1.807) is 25.3 Å². The second-order valence-electron chi connectivity index (χ2n) is 4.88. The van der Waals surface area contributed by atoms with Gasteiger partial charge in [-0.25, -0.2) is 0 Å². The summed E-state index contributed by atoms with van der Waals surface area (Å²) in [5.74, 6) is 1.47. The number of anilines is 1. The number of hydrogen-bond donors (Lipinski definition) is 1. The number of nitrogens with one attached hydrogen (secondary N) is 1. The van der Waals surface area contributed by atoms with Crippen molar-refractivity contribution in [1.82, 2.24) is 0 Å². The normalized spacial score (nSPS) is 9.78. The summed E-state index contributed by atoms with van der Waals surface area (Å²) >= 11 is 0. The Bertz CT molecular complexity index is 718. The molecule has 2 aromatic carbocycles. The van der Waals surface area contributed by atoms with Crippen molar-refractivity contribution in [2.45, 2.75) is 6.92 Å². The molecule has 0 bridgehead atoms. The Hall–Kier alpha value is -3.00. The van der Waals surface area contributed by atoms with Crippen molar-refractivity contribution in [3.8, 4) is 17.6 Å². The van der Waals surface area contributed by atoms with Crippen molar-refractivity contribution < 1.29 is 14.3 Å². The number of methoxy groups -OCH3 is 1. The number of benzene rings is 2. The molecule has 5 heteroatoms. The Morgan fingerprint density at radius 3 is 2.48 bits per heavy atom. The van der Waals surface area contributed by atoms with Gasteiger partial charge in [-0.1, -0.05) is 0 Å². The smallest absolute Gasteiger partial charge is 0.161 e. The van der Waals surface area contributed by atoms with Crippen molar-refractivity contribution in [2.24, 2.45) is 0 Å². The molecule has 0 heterocycles. The zero-order chi connectivity index (χ0) is 16.7. The van der Waals surface area contributed by atoms with E-state index in [2.05, 4.69) is 11.4 Å². The van der Waals surface area contributed by atoms with Gasteiger partial charge in [0, 0.05) is 17.8 Å². The van der Waals surface area contributed by atoms with Crippen LogP contribution in [0.1, 0.15) is 22.8 Å². The lowest BCUT2D eigenvalue weighted by atomic mass is 10.1. The first-order valence-electron chi connectivity index (χ1n) is 7.20. The molecule has 0 aliphatic heterocycles. The zero-order valence-corrected chi connectivity index (χ0v) is 13.1. The third-order valence-corrected chi connectivity index (χ3v) is 3.27. The molecule has 0 radical (unpaired) electrons. The largest absolute Gasteiger partial charge is 0.497 e. The van der Waals surface area contributed by atoms with Crippen molar-refractivity contribution in [3.63, 3.8) is 0 Å². The van der Waals surface area contributed by atoms with Crippen LogP contribution in [0, 0.1) is 11.3 Å². The predicted molar refractivity (Wildman–Crippen MR) is 88.1 cm³/mol. The van der Waals surface area contributed by atoms with E-state index >= 15 is 0 Å². The maximum absolute atomic E-state index is 11.6. The highest BCUT2D eigenvalue weighted by molar-refractivity contribution is 5.99. The molecular weight excluding hydrogens is 292 g/mol. The molecule has 0 aromatic heterocycles. The van der Waals surface area contributed by atoms with E-state index < -0.39 is 0 Å². The first-order chi connectivity index (χ1) is 11.1. The van der Waals surface area contributed by atoms with Gasteiger partial charge in [0.15, 0.2) is 5.78 Å². The minimum absolute atomic E-state index is 0.0481. The maximum Gasteiger partial charge on any atom is 0.161 e. The molecule has 5 nitrogen and oxygen atoms in total. The number of nitriles is 1. The molecule has 2 aromatic rings. The van der Waals surface area contributed by atoms with Crippen LogP contribution in [0.15, 0.2) is 42.5 Å². The minimum atomic E-state index is -0.0481. The molecule has 1 N–H and O–H groups in total. The van der Waals surface area contributed by atoms with E-state index in [4.69, 9.17) is 14.7 Å². The van der Waals surface area contributed by atoms with Gasteiger partial charge < -0.3 is 14.8 Å². The van der Waals surface area contributed by atoms with Crippen LogP contribution in [0.25, 0.3) is 0 Å². The van der Waals surface area contributed by atoms with Gasteiger partial charge in [0.2, 0.25) is 0 Å². The highest BCUT2D eigenvalue weighted by atomic mass is 16.5. The molecular formula is C18H18N2O3. The van der Waals surface area contributed by atoms with Gasteiger partial charge >= 0.3 is 0 Å². The van der Waals surface area contributed by atoms with Crippen LogP contribution in [-0.4, -0.2) is 26.0 Å². The molecule has 0 fully saturated rings. The van der Waals surface area contributed by atoms with Gasteiger partial charge in [0.1, 0.15) is 18.1 Å². The third-order valence-electron chi connectivity index (χ3n) is 3.27. The molecule has 0 aliphatic carbocycles. The van der Waals surface area contributed by atoms with Crippen molar-refractivity contribution in [1.29, 1.82) is 5.26 Å². The Labute approximate surface area is 135 Å². The van der Waals surface area contributed by atoms with Gasteiger partial charge in [0.25, 0.3) is 0 Å². The summed E-state index contributed by atoms with van der Waals surface area (Å²) in [6.45, 7) is 2.45. The van der Waals surface area contributed by atoms with Crippen LogP contribution < -0.4 is 14.8 Å². The summed E-state index contributed by atoms with van der Waals surface area (Å²) in [5.41, 5.74) is 1.72. The van der Waals surface area contributed by atoms with E-state index in [0.29, 0.717) is 30.0 Å². The molecule has 0 amide bonds. The third kappa shape index (κ3) is 4.48. The molecule has 118 valence electrons. The second kappa shape index (κ2) is 7.85. The Balaban J connectivity index is 1.92. The fraction of sp³-hybridized carbons (Fsp3) is 0.222. The van der Waals surface area contributed by atoms with Gasteiger partial charge in [-0.05, 0) is 49.4 Å². The lowest BCUT2D eigenvalue weighted by Gasteiger charge is -2.12. The SMILES string of the molecule is COc1ccc(OCCNc2cc(C#N)ccc2C(C)=O)cc1. The van der Waals surface area contributed by atoms with Crippen LogP contribution in [-0.2, 0) is 0 Å². The summed E-state index contributed by atoms with van der Waals surface area (Å²) < 4.78 is 10.7. The summed E-state index contributed by atoms with van der Waals surface area (Å²) in [6, 6.07) is 14.3. The van der Waals surface area contributed by atoms with Crippen LogP contribution >= 0.6 is 0 Å². The number of carbonyl (C=O) groups is 1. The van der Waals surface area contributed by atoms with Crippen molar-refractivity contribution >= 4 is 11.5 Å². The number of rotatable bonds is 7. The molecule has 0 atom stereocenters. The van der Waals surface area contributed by atoms with E-state index in [9.17, 15) is 4.79 Å². The number of ether oxygens (including phenoxy) is 2. The van der Waals surface area contributed by atoms with Crippen LogP contribution in [0.5, 0.6) is 11.5 Å². The Morgan fingerprint density at radius 2 is 1.87 bits per heavy atom. The van der Waals surface area contributed by atoms with E-state index in [1.807, 2.05) is 24.3 Å². The number of ketones is 1. The Morgan fingerprint density at radius 1 is 1.17 bits per heavy atom. The zero-order valence-electron chi connectivity index (χ0n) is 13.1. The van der Waals surface area contributed by atoms with Crippen molar-refractivity contribution in [2.75, 3.05) is 25.6 Å². The monoisotopic (exact) mass is 310 g/mol. The number of nitrogens with zero attached hydrogens (tertiary/aromatic N) is 1. The summed E-state index contributed by atoms with van der Waals surface area (Å²) in [6.07, 6.45) is 0. The quantitative estimate of drug-likeness (QED) is 0.628. The standard InChI is InChI=1S/C18H18N2O3/c1-13(21)17-8-3-14(12-19)11-18(17)20-9-10-23-16-6-4-15(22-2)5-7-16/h3-8,11,20H,9-10H2,1-2H3. The average molecular weight is 310 g/mol. The van der Waals surface area contributed by atoms with Gasteiger partial charge in [0.05, 0.1) is 18.7 Å². The predicted octanol–water partition coefficient (Wildman–Crippen LogP) is 3.26. The Kier molecular flexibility index (Phi) is 5.59. The molecule has 0 saturated carbocycles. The van der Waals surface area contributed by atoms with Gasteiger partial charge in [-0.2, -0.15) is 5.26 Å². The van der Waals surface area contributed by atoms with Gasteiger partial charge in [-0.3, -0.25) is 4.79 Å². The molecule has 0 aliphatic rings. The van der Waals surface area contributed by atoms with Gasteiger partial charge in [-0.15, -0.1) is 0 Å². The average Bonchev–Trinajstić information content (AvgIpc) is 2.58. The molecule has 2 rings (SSSR count). The second-order valence-corrected chi connectivity index (χ2v) is 4.88. The first-order valence-corrected chi connectivity index (χ1v) is 7.20.